The van der Waals surface area contributed by atoms with Crippen LogP contribution in [-0.4, -0.2) is 4.98 Å². The summed E-state index contributed by atoms with van der Waals surface area (Å²) in [6.45, 7) is 13.9. The van der Waals surface area contributed by atoms with E-state index < -0.39 is 0 Å². The van der Waals surface area contributed by atoms with E-state index in [2.05, 4.69) is 31.8 Å². The summed E-state index contributed by atoms with van der Waals surface area (Å²) in [5.74, 6) is 0. The summed E-state index contributed by atoms with van der Waals surface area (Å²) in [5.41, 5.74) is 7.50. The van der Waals surface area contributed by atoms with Crippen molar-refractivity contribution in [1.29, 1.82) is 0 Å². The quantitative estimate of drug-likeness (QED) is 0.536. The molecule has 0 N–H and O–H groups in total. The Labute approximate surface area is 134 Å². The lowest BCUT2D eigenvalue weighted by molar-refractivity contribution is -0.619. The van der Waals surface area contributed by atoms with E-state index in [1.165, 1.54) is 11.1 Å². The molecule has 2 heterocycles. The Bertz CT molecular complexity index is 575. The molecule has 0 aliphatic carbocycles. The summed E-state index contributed by atoms with van der Waals surface area (Å²) in [5, 5.41) is 11.1. The van der Waals surface area contributed by atoms with Gasteiger partial charge in [-0.3, -0.25) is 9.69 Å². The molecule has 0 aliphatic rings. The van der Waals surface area contributed by atoms with Crippen LogP contribution in [0.15, 0.2) is 18.2 Å². The van der Waals surface area contributed by atoms with Gasteiger partial charge < -0.3 is 5.21 Å². The van der Waals surface area contributed by atoms with Crippen molar-refractivity contribution in [2.75, 3.05) is 0 Å². The molecule has 0 aliphatic heterocycles. The minimum absolute atomic E-state index is 0. The molecule has 0 unspecified atom stereocenters. The topological polar surface area (TPSA) is 39.8 Å². The van der Waals surface area contributed by atoms with Crippen LogP contribution in [-0.2, 0) is 0 Å². The van der Waals surface area contributed by atoms with Gasteiger partial charge in [0.15, 0.2) is 11.4 Å². The van der Waals surface area contributed by atoms with E-state index in [9.17, 15) is 5.21 Å². The Kier molecular flexibility index (Phi) is 9.26. The number of nitrogens with zero attached hydrogens (tertiary/aromatic N) is 2. The highest BCUT2D eigenvalue weighted by atomic mass is 19.0. The number of hydrogen-bond acceptors (Lipinski definition) is 2. The smallest absolute Gasteiger partial charge is 0.192 e. The van der Waals surface area contributed by atoms with Crippen LogP contribution < -0.4 is 4.73 Å². The number of halogens is 1. The zero-order chi connectivity index (χ0) is 15.4. The third-order valence-electron chi connectivity index (χ3n) is 3.67. The van der Waals surface area contributed by atoms with Gasteiger partial charge in [-0.2, -0.15) is 4.73 Å². The molecule has 0 saturated heterocycles. The molecule has 124 valence electrons. The number of hydrogen-bond donors (Lipinski definition) is 0. The largest absolute Gasteiger partial charge is 0.618 e. The summed E-state index contributed by atoms with van der Waals surface area (Å²) in [6, 6.07) is 5.90. The maximum atomic E-state index is 11.1. The van der Waals surface area contributed by atoms with Gasteiger partial charge in [-0.15, -0.1) is 0 Å². The predicted octanol–water partition coefficient (Wildman–Crippen LogP) is 4.35. The number of aromatic nitrogens is 2. The molecule has 0 bridgehead atoms. The minimum Gasteiger partial charge on any atom is -0.618 e. The first-order valence-electron chi connectivity index (χ1n) is 6.82. The standard InChI is InChI=1S/C9H13N.C8H11NO.CH4.FH/c1-6-5-7(2)10-9(4)8(6)3;1-6-4-5-7(2)9(10)8(6)3;;/h5H,1-4H3;4-5H,1-3H3;1H4;1H. The summed E-state index contributed by atoms with van der Waals surface area (Å²) < 4.78 is 0.954. The van der Waals surface area contributed by atoms with Crippen molar-refractivity contribution in [3.63, 3.8) is 0 Å². The van der Waals surface area contributed by atoms with Crippen LogP contribution in [0.5, 0.6) is 0 Å². The third-order valence-corrected chi connectivity index (χ3v) is 3.67. The Hall–Kier alpha value is -1.97. The highest BCUT2D eigenvalue weighted by molar-refractivity contribution is 5.29. The minimum atomic E-state index is 0. The van der Waals surface area contributed by atoms with E-state index in [1.807, 2.05) is 32.9 Å². The van der Waals surface area contributed by atoms with Gasteiger partial charge in [-0.1, -0.05) is 7.43 Å². The van der Waals surface area contributed by atoms with E-state index in [-0.39, 0.29) is 12.1 Å². The Balaban J connectivity index is 0. The van der Waals surface area contributed by atoms with E-state index >= 15 is 0 Å². The molecule has 0 amide bonds. The van der Waals surface area contributed by atoms with Gasteiger partial charge in [0, 0.05) is 36.9 Å². The van der Waals surface area contributed by atoms with Gasteiger partial charge in [0.1, 0.15) is 0 Å². The van der Waals surface area contributed by atoms with Gasteiger partial charge in [0.25, 0.3) is 0 Å². The lowest BCUT2D eigenvalue weighted by Crippen LogP contribution is -2.34. The fourth-order valence-corrected chi connectivity index (χ4v) is 1.95. The second-order valence-corrected chi connectivity index (χ2v) is 5.33. The first-order chi connectivity index (χ1) is 9.23. The van der Waals surface area contributed by atoms with Gasteiger partial charge in [-0.05, 0) is 57.9 Å². The second-order valence-electron chi connectivity index (χ2n) is 5.33. The Morgan fingerprint density at radius 2 is 1.45 bits per heavy atom. The molecule has 2 rings (SSSR count). The van der Waals surface area contributed by atoms with Gasteiger partial charge in [0.05, 0.1) is 0 Å². The first-order valence-corrected chi connectivity index (χ1v) is 6.82. The van der Waals surface area contributed by atoms with Crippen molar-refractivity contribution >= 4 is 0 Å². The number of aryl methyl sites for hydroxylation is 5. The zero-order valence-corrected chi connectivity index (χ0v) is 13.9. The molecule has 2 aromatic heterocycles. The van der Waals surface area contributed by atoms with Crippen LogP contribution in [0.3, 0.4) is 0 Å². The third kappa shape index (κ3) is 5.43. The van der Waals surface area contributed by atoms with Gasteiger partial charge in [0.2, 0.25) is 0 Å². The average Bonchev–Trinajstić information content (AvgIpc) is 2.39. The van der Waals surface area contributed by atoms with E-state index in [0.29, 0.717) is 0 Å². The van der Waals surface area contributed by atoms with Crippen LogP contribution in [0.25, 0.3) is 0 Å². The molecular formula is C18H29FN2O. The van der Waals surface area contributed by atoms with Crippen LogP contribution >= 0.6 is 0 Å². The summed E-state index contributed by atoms with van der Waals surface area (Å²) in [4.78, 5) is 4.33. The van der Waals surface area contributed by atoms with Crippen LogP contribution in [0.2, 0.25) is 0 Å². The Morgan fingerprint density at radius 1 is 0.909 bits per heavy atom. The Morgan fingerprint density at radius 3 is 1.91 bits per heavy atom. The zero-order valence-electron chi connectivity index (χ0n) is 13.9. The van der Waals surface area contributed by atoms with Crippen molar-refractivity contribution in [3.05, 3.63) is 62.9 Å². The fourth-order valence-electron chi connectivity index (χ4n) is 1.95. The van der Waals surface area contributed by atoms with Crippen LogP contribution in [0.1, 0.15) is 46.9 Å². The average molecular weight is 308 g/mol. The summed E-state index contributed by atoms with van der Waals surface area (Å²) >= 11 is 0. The van der Waals surface area contributed by atoms with E-state index in [0.717, 1.165) is 33.1 Å². The molecule has 0 aromatic carbocycles. The molecular weight excluding hydrogens is 279 g/mol. The predicted molar refractivity (Wildman–Crippen MR) is 92.0 cm³/mol. The normalized spacial score (nSPS) is 9.05. The molecule has 4 heteroatoms. The van der Waals surface area contributed by atoms with E-state index in [1.54, 1.807) is 6.92 Å². The first kappa shape index (κ1) is 22.3. The molecule has 0 fully saturated rings. The summed E-state index contributed by atoms with van der Waals surface area (Å²) in [7, 11) is 0. The molecule has 0 spiro atoms. The molecule has 2 aromatic rings. The van der Waals surface area contributed by atoms with Crippen molar-refractivity contribution < 1.29 is 9.43 Å². The lowest BCUT2D eigenvalue weighted by Gasteiger charge is -2.04. The maximum Gasteiger partial charge on any atom is 0.192 e. The van der Waals surface area contributed by atoms with Crippen molar-refractivity contribution in [2.45, 2.75) is 55.9 Å². The van der Waals surface area contributed by atoms with Crippen LogP contribution in [0, 0.1) is 53.7 Å². The number of rotatable bonds is 0. The molecule has 3 nitrogen and oxygen atoms in total. The molecule has 0 saturated carbocycles. The van der Waals surface area contributed by atoms with Crippen LogP contribution in [0.4, 0.5) is 4.70 Å². The fraction of sp³-hybridized carbons (Fsp3) is 0.444. The molecule has 0 atom stereocenters. The van der Waals surface area contributed by atoms with Crippen molar-refractivity contribution in [2.24, 2.45) is 0 Å². The van der Waals surface area contributed by atoms with Gasteiger partial charge in [-0.25, -0.2) is 0 Å². The number of pyridine rings is 2. The summed E-state index contributed by atoms with van der Waals surface area (Å²) in [6.07, 6.45) is 0. The highest BCUT2D eigenvalue weighted by Crippen LogP contribution is 2.10. The molecule has 22 heavy (non-hydrogen) atoms. The van der Waals surface area contributed by atoms with E-state index in [4.69, 9.17) is 0 Å². The highest BCUT2D eigenvalue weighted by Gasteiger charge is 2.04. The SMILES string of the molecule is C.Cc1cc(C)c(C)c(C)n1.Cc1ccc(C)[n+]([O-])c1C.F. The van der Waals surface area contributed by atoms with Crippen molar-refractivity contribution in [1.82, 2.24) is 4.98 Å². The molecule has 0 radical (unpaired) electrons. The van der Waals surface area contributed by atoms with Crippen molar-refractivity contribution in [3.8, 4) is 0 Å². The monoisotopic (exact) mass is 308 g/mol. The maximum absolute atomic E-state index is 11.1. The second kappa shape index (κ2) is 9.13. The lowest BCUT2D eigenvalue weighted by atomic mass is 10.1. The van der Waals surface area contributed by atoms with Gasteiger partial charge >= 0.3 is 0 Å².